The Morgan fingerprint density at radius 2 is 1.74 bits per heavy atom. The predicted molar refractivity (Wildman–Crippen MR) is 136 cm³/mol. The number of hydrogen-bond acceptors (Lipinski definition) is 4. The van der Waals surface area contributed by atoms with Gasteiger partial charge in [-0.2, -0.15) is 0 Å². The van der Waals surface area contributed by atoms with Gasteiger partial charge in [0.1, 0.15) is 12.2 Å². The van der Waals surface area contributed by atoms with Gasteiger partial charge in [-0.05, 0) is 50.8 Å². The van der Waals surface area contributed by atoms with Crippen LogP contribution in [-0.4, -0.2) is 31.6 Å². The zero-order chi connectivity index (χ0) is 23.2. The topological polar surface area (TPSA) is 43.6 Å². The minimum Gasteiger partial charge on any atom is -0.455 e. The second kappa shape index (κ2) is 11.2. The maximum absolute atomic E-state index is 6.17. The fraction of sp³-hybridized carbons (Fsp3) is 0.467. The van der Waals surface area contributed by atoms with Crippen LogP contribution in [0.15, 0.2) is 59.0 Å². The van der Waals surface area contributed by atoms with E-state index in [9.17, 15) is 0 Å². The molecule has 2 aromatic carbocycles. The van der Waals surface area contributed by atoms with Crippen molar-refractivity contribution < 1.29 is 13.9 Å². The van der Waals surface area contributed by atoms with Gasteiger partial charge >= 0.3 is 0 Å². The van der Waals surface area contributed by atoms with E-state index in [1.54, 1.807) is 0 Å². The number of furan rings is 1. The van der Waals surface area contributed by atoms with E-state index in [-0.39, 0.29) is 12.4 Å². The minimum atomic E-state index is -0.188. The standard InChI is InChI=1S/C30H35NO3/c1-22-27(31-21-23-11-4-2-5-12-23)18-19-29(33-22)32-20-10-16-26-25-15-8-9-17-28(25)34-30(26)24-13-6-3-7-14-24/h3,6-9,13-15,17,22-23,27,29,31H,2,4-5,11-12,18-21H2,1H3/t22-,27-,29+/m0/s1. The lowest BCUT2D eigenvalue weighted by Crippen LogP contribution is -2.47. The monoisotopic (exact) mass is 457 g/mol. The Bertz CT molecular complexity index is 1120. The summed E-state index contributed by atoms with van der Waals surface area (Å²) < 4.78 is 18.3. The normalized spacial score (nSPS) is 23.5. The van der Waals surface area contributed by atoms with Gasteiger partial charge < -0.3 is 19.2 Å². The number of rotatable bonds is 6. The predicted octanol–water partition coefficient (Wildman–Crippen LogP) is 6.53. The average Bonchev–Trinajstić information content (AvgIpc) is 3.26. The van der Waals surface area contributed by atoms with Crippen molar-refractivity contribution in [2.75, 3.05) is 13.2 Å². The van der Waals surface area contributed by atoms with E-state index in [4.69, 9.17) is 13.9 Å². The van der Waals surface area contributed by atoms with Gasteiger partial charge in [-0.25, -0.2) is 0 Å². The fourth-order valence-electron chi connectivity index (χ4n) is 5.27. The summed E-state index contributed by atoms with van der Waals surface area (Å²) in [5, 5.41) is 4.80. The number of fused-ring (bicyclic) bond motifs is 1. The maximum Gasteiger partial charge on any atom is 0.159 e. The summed E-state index contributed by atoms with van der Waals surface area (Å²) in [5.41, 5.74) is 2.79. The van der Waals surface area contributed by atoms with E-state index in [0.29, 0.717) is 12.6 Å². The summed E-state index contributed by atoms with van der Waals surface area (Å²) in [4.78, 5) is 0. The molecule has 0 unspecified atom stereocenters. The zero-order valence-electron chi connectivity index (χ0n) is 20.1. The Labute approximate surface area is 203 Å². The number of benzene rings is 2. The van der Waals surface area contributed by atoms with Crippen molar-refractivity contribution in [2.24, 2.45) is 5.92 Å². The number of para-hydroxylation sites is 1. The lowest BCUT2D eigenvalue weighted by atomic mass is 9.89. The number of ether oxygens (including phenoxy) is 2. The van der Waals surface area contributed by atoms with Gasteiger partial charge in [0.25, 0.3) is 0 Å². The van der Waals surface area contributed by atoms with Gasteiger partial charge in [0.15, 0.2) is 12.1 Å². The molecule has 1 aliphatic carbocycles. The van der Waals surface area contributed by atoms with Crippen molar-refractivity contribution in [1.82, 2.24) is 5.32 Å². The smallest absolute Gasteiger partial charge is 0.159 e. The first-order chi connectivity index (χ1) is 16.8. The Morgan fingerprint density at radius 3 is 2.56 bits per heavy atom. The lowest BCUT2D eigenvalue weighted by Gasteiger charge is -2.36. The van der Waals surface area contributed by atoms with E-state index in [2.05, 4.69) is 42.3 Å². The van der Waals surface area contributed by atoms with E-state index in [0.717, 1.165) is 53.2 Å². The van der Waals surface area contributed by atoms with Crippen LogP contribution in [0.5, 0.6) is 0 Å². The molecule has 5 rings (SSSR count). The second-order valence-corrected chi connectivity index (χ2v) is 9.65. The molecule has 0 amide bonds. The van der Waals surface area contributed by atoms with Gasteiger partial charge in [-0.15, -0.1) is 0 Å². The molecule has 178 valence electrons. The van der Waals surface area contributed by atoms with Gasteiger partial charge in [0.2, 0.25) is 0 Å². The highest BCUT2D eigenvalue weighted by atomic mass is 16.7. The molecule has 4 heteroatoms. The van der Waals surface area contributed by atoms with Crippen LogP contribution in [0, 0.1) is 17.8 Å². The third-order valence-electron chi connectivity index (χ3n) is 7.23. The molecule has 1 aliphatic heterocycles. The van der Waals surface area contributed by atoms with Crippen molar-refractivity contribution in [3.05, 3.63) is 60.2 Å². The van der Waals surface area contributed by atoms with Crippen LogP contribution >= 0.6 is 0 Å². The Morgan fingerprint density at radius 1 is 0.941 bits per heavy atom. The molecular formula is C30H35NO3. The fourth-order valence-corrected chi connectivity index (χ4v) is 5.27. The highest BCUT2D eigenvalue weighted by Crippen LogP contribution is 2.33. The quantitative estimate of drug-likeness (QED) is 0.427. The molecule has 34 heavy (non-hydrogen) atoms. The van der Waals surface area contributed by atoms with Crippen LogP contribution in [0.4, 0.5) is 0 Å². The van der Waals surface area contributed by atoms with Crippen molar-refractivity contribution >= 4 is 11.0 Å². The van der Waals surface area contributed by atoms with E-state index in [1.807, 2.05) is 36.4 Å². The largest absolute Gasteiger partial charge is 0.455 e. The molecule has 1 saturated heterocycles. The first-order valence-electron chi connectivity index (χ1n) is 12.8. The summed E-state index contributed by atoms with van der Waals surface area (Å²) in [6, 6.07) is 18.6. The van der Waals surface area contributed by atoms with Crippen LogP contribution in [0.1, 0.15) is 57.4 Å². The summed E-state index contributed by atoms with van der Waals surface area (Å²) >= 11 is 0. The van der Waals surface area contributed by atoms with Gasteiger partial charge in [0.05, 0.1) is 11.7 Å². The molecule has 4 nitrogen and oxygen atoms in total. The molecule has 1 saturated carbocycles. The van der Waals surface area contributed by atoms with Crippen molar-refractivity contribution in [3.63, 3.8) is 0 Å². The SMILES string of the molecule is C[C@@H]1O[C@@H](OCC#Cc2c(-c3ccccc3)oc3ccccc23)CC[C@@H]1NCC1CCCCC1. The van der Waals surface area contributed by atoms with Gasteiger partial charge in [0, 0.05) is 23.4 Å². The van der Waals surface area contributed by atoms with Crippen LogP contribution in [0.2, 0.25) is 0 Å². The lowest BCUT2D eigenvalue weighted by molar-refractivity contribution is -0.190. The van der Waals surface area contributed by atoms with Gasteiger partial charge in [-0.1, -0.05) is 73.6 Å². The minimum absolute atomic E-state index is 0.151. The third-order valence-corrected chi connectivity index (χ3v) is 7.23. The van der Waals surface area contributed by atoms with Crippen molar-refractivity contribution in [3.8, 4) is 23.2 Å². The summed E-state index contributed by atoms with van der Waals surface area (Å²) in [6.07, 6.45) is 8.88. The first kappa shape index (κ1) is 23.2. The highest BCUT2D eigenvalue weighted by molar-refractivity contribution is 5.91. The molecule has 2 aliphatic rings. The first-order valence-corrected chi connectivity index (χ1v) is 12.8. The van der Waals surface area contributed by atoms with Crippen molar-refractivity contribution in [2.45, 2.75) is 70.3 Å². The maximum atomic E-state index is 6.17. The molecule has 1 N–H and O–H groups in total. The van der Waals surface area contributed by atoms with E-state index < -0.39 is 0 Å². The zero-order valence-corrected chi connectivity index (χ0v) is 20.1. The molecule has 3 atom stereocenters. The van der Waals surface area contributed by atoms with Gasteiger partial charge in [-0.3, -0.25) is 0 Å². The second-order valence-electron chi connectivity index (χ2n) is 9.65. The molecule has 0 bridgehead atoms. The third kappa shape index (κ3) is 5.55. The number of nitrogens with one attached hydrogen (secondary N) is 1. The van der Waals surface area contributed by atoms with E-state index >= 15 is 0 Å². The molecular weight excluding hydrogens is 422 g/mol. The summed E-state index contributed by atoms with van der Waals surface area (Å²) in [6.45, 7) is 3.62. The molecule has 3 aromatic rings. The van der Waals surface area contributed by atoms with Crippen LogP contribution < -0.4 is 5.32 Å². The van der Waals surface area contributed by atoms with Crippen LogP contribution in [0.3, 0.4) is 0 Å². The molecule has 1 aromatic heterocycles. The summed E-state index contributed by atoms with van der Waals surface area (Å²) in [5.74, 6) is 8.17. The van der Waals surface area contributed by atoms with Crippen LogP contribution in [0.25, 0.3) is 22.3 Å². The highest BCUT2D eigenvalue weighted by Gasteiger charge is 2.29. The number of hydrogen-bond donors (Lipinski definition) is 1. The molecule has 2 fully saturated rings. The van der Waals surface area contributed by atoms with Crippen molar-refractivity contribution in [1.29, 1.82) is 0 Å². The van der Waals surface area contributed by atoms with E-state index in [1.165, 1.54) is 32.1 Å². The Balaban J connectivity index is 1.17. The average molecular weight is 458 g/mol. The molecule has 2 heterocycles. The summed E-state index contributed by atoms with van der Waals surface area (Å²) in [7, 11) is 0. The molecule has 0 radical (unpaired) electrons. The Hall–Kier alpha value is -2.58. The Kier molecular flexibility index (Phi) is 7.65. The molecule has 0 spiro atoms. The van der Waals surface area contributed by atoms with Crippen LogP contribution in [-0.2, 0) is 9.47 Å².